The van der Waals surface area contributed by atoms with Crippen LogP contribution < -0.4 is 10.6 Å². The van der Waals surface area contributed by atoms with Crippen LogP contribution in [0.2, 0.25) is 0 Å². The van der Waals surface area contributed by atoms with Crippen LogP contribution in [0.15, 0.2) is 9.52 Å². The molecule has 5 nitrogen and oxygen atoms in total. The Balaban J connectivity index is 0.00000264. The normalized spacial score (nSPS) is 21.1. The minimum absolute atomic E-state index is 0. The van der Waals surface area contributed by atoms with Crippen molar-refractivity contribution in [2.45, 2.75) is 57.7 Å². The Morgan fingerprint density at radius 1 is 1.39 bits per heavy atom. The standard InChI is InChI=1S/C16H28N4OS.HI/c1-5-22-14-7-6-13(10-14)19-16(17-4)18-9-8-15-11(2)20-21-12(15)3;/h13-14H,5-10H2,1-4H3,(H2,17,18,19);1H. The molecule has 2 atom stereocenters. The van der Waals surface area contributed by atoms with Crippen molar-refractivity contribution in [1.82, 2.24) is 15.8 Å². The van der Waals surface area contributed by atoms with Gasteiger partial charge in [-0.1, -0.05) is 12.1 Å². The van der Waals surface area contributed by atoms with Gasteiger partial charge in [-0.25, -0.2) is 0 Å². The molecule has 2 unspecified atom stereocenters. The van der Waals surface area contributed by atoms with Crippen LogP contribution in [0.4, 0.5) is 0 Å². The molecule has 0 aromatic carbocycles. The quantitative estimate of drug-likeness (QED) is 0.394. The van der Waals surface area contributed by atoms with Crippen LogP contribution in [0.25, 0.3) is 0 Å². The van der Waals surface area contributed by atoms with Crippen molar-refractivity contribution in [2.75, 3.05) is 19.3 Å². The second kappa shape index (κ2) is 10.4. The first-order valence-electron chi connectivity index (χ1n) is 8.14. The summed E-state index contributed by atoms with van der Waals surface area (Å²) in [5, 5.41) is 11.7. The SMILES string of the molecule is CCSC1CCC(NC(=NC)NCCc2c(C)noc2C)C1.I. The summed E-state index contributed by atoms with van der Waals surface area (Å²) in [5.41, 5.74) is 2.18. The minimum Gasteiger partial charge on any atom is -0.361 e. The number of rotatable bonds is 6. The second-order valence-electron chi connectivity index (χ2n) is 5.78. The van der Waals surface area contributed by atoms with Crippen molar-refractivity contribution < 1.29 is 4.52 Å². The van der Waals surface area contributed by atoms with Gasteiger partial charge >= 0.3 is 0 Å². The number of aromatic nitrogens is 1. The molecule has 1 fully saturated rings. The summed E-state index contributed by atoms with van der Waals surface area (Å²) in [6.07, 6.45) is 4.69. The van der Waals surface area contributed by atoms with E-state index in [1.807, 2.05) is 20.9 Å². The number of nitrogens with one attached hydrogen (secondary N) is 2. The van der Waals surface area contributed by atoms with E-state index in [9.17, 15) is 0 Å². The monoisotopic (exact) mass is 452 g/mol. The lowest BCUT2D eigenvalue weighted by Gasteiger charge is -2.17. The lowest BCUT2D eigenvalue weighted by molar-refractivity contribution is 0.392. The van der Waals surface area contributed by atoms with Crippen LogP contribution in [-0.2, 0) is 6.42 Å². The summed E-state index contributed by atoms with van der Waals surface area (Å²) in [7, 11) is 1.83. The topological polar surface area (TPSA) is 62.5 Å². The highest BCUT2D eigenvalue weighted by molar-refractivity contribution is 14.0. The van der Waals surface area contributed by atoms with Gasteiger partial charge in [-0.15, -0.1) is 24.0 Å². The van der Waals surface area contributed by atoms with Gasteiger partial charge < -0.3 is 15.2 Å². The molecule has 0 saturated heterocycles. The summed E-state index contributed by atoms with van der Waals surface area (Å²) in [5.74, 6) is 3.03. The smallest absolute Gasteiger partial charge is 0.191 e. The first-order chi connectivity index (χ1) is 10.6. The van der Waals surface area contributed by atoms with Crippen molar-refractivity contribution in [3.63, 3.8) is 0 Å². The zero-order valence-electron chi connectivity index (χ0n) is 14.5. The largest absolute Gasteiger partial charge is 0.361 e. The van der Waals surface area contributed by atoms with E-state index >= 15 is 0 Å². The van der Waals surface area contributed by atoms with Gasteiger partial charge in [0.25, 0.3) is 0 Å². The van der Waals surface area contributed by atoms with E-state index < -0.39 is 0 Å². The van der Waals surface area contributed by atoms with Crippen molar-refractivity contribution in [2.24, 2.45) is 4.99 Å². The highest BCUT2D eigenvalue weighted by Gasteiger charge is 2.25. The summed E-state index contributed by atoms with van der Waals surface area (Å²) in [4.78, 5) is 4.33. The van der Waals surface area contributed by atoms with Crippen molar-refractivity contribution >= 4 is 41.7 Å². The number of aliphatic imine (C=N–C) groups is 1. The molecule has 7 heteroatoms. The summed E-state index contributed by atoms with van der Waals surface area (Å²) < 4.78 is 5.20. The average Bonchev–Trinajstić information content (AvgIpc) is 3.07. The molecule has 1 aromatic heterocycles. The Morgan fingerprint density at radius 3 is 2.78 bits per heavy atom. The Bertz CT molecular complexity index is 487. The number of hydrogen-bond acceptors (Lipinski definition) is 4. The molecule has 1 saturated carbocycles. The fourth-order valence-electron chi connectivity index (χ4n) is 3.01. The molecule has 0 aliphatic heterocycles. The fraction of sp³-hybridized carbons (Fsp3) is 0.750. The van der Waals surface area contributed by atoms with Crippen molar-refractivity contribution in [3.05, 3.63) is 17.0 Å². The van der Waals surface area contributed by atoms with E-state index in [0.29, 0.717) is 6.04 Å². The lowest BCUT2D eigenvalue weighted by atomic mass is 10.1. The van der Waals surface area contributed by atoms with E-state index in [1.54, 1.807) is 0 Å². The third-order valence-electron chi connectivity index (χ3n) is 4.20. The highest BCUT2D eigenvalue weighted by Crippen LogP contribution is 2.29. The molecule has 0 radical (unpaired) electrons. The molecule has 1 heterocycles. The predicted octanol–water partition coefficient (Wildman–Crippen LogP) is 3.29. The first kappa shape index (κ1) is 20.6. The van der Waals surface area contributed by atoms with Crippen LogP contribution in [-0.4, -0.2) is 41.8 Å². The predicted molar refractivity (Wildman–Crippen MR) is 109 cm³/mol. The van der Waals surface area contributed by atoms with Gasteiger partial charge in [0.05, 0.1) is 5.69 Å². The van der Waals surface area contributed by atoms with Crippen LogP contribution in [0.3, 0.4) is 0 Å². The number of halogens is 1. The summed E-state index contributed by atoms with van der Waals surface area (Å²) >= 11 is 2.08. The highest BCUT2D eigenvalue weighted by atomic mass is 127. The molecule has 1 aliphatic carbocycles. The molecule has 2 N–H and O–H groups in total. The van der Waals surface area contributed by atoms with Crippen molar-refractivity contribution in [3.8, 4) is 0 Å². The number of nitrogens with zero attached hydrogens (tertiary/aromatic N) is 2. The van der Waals surface area contributed by atoms with Gasteiger partial charge in [-0.3, -0.25) is 4.99 Å². The number of thioether (sulfide) groups is 1. The van der Waals surface area contributed by atoms with Gasteiger partial charge in [0, 0.05) is 30.4 Å². The maximum absolute atomic E-state index is 5.20. The van der Waals surface area contributed by atoms with Crippen LogP contribution >= 0.6 is 35.7 Å². The zero-order valence-corrected chi connectivity index (χ0v) is 17.7. The van der Waals surface area contributed by atoms with Gasteiger partial charge in [-0.05, 0) is 45.3 Å². The van der Waals surface area contributed by atoms with Gasteiger partial charge in [-0.2, -0.15) is 11.8 Å². The Morgan fingerprint density at radius 2 is 2.17 bits per heavy atom. The molecule has 1 aromatic rings. The van der Waals surface area contributed by atoms with Gasteiger partial charge in [0.2, 0.25) is 0 Å². The molecular formula is C16H29IN4OS. The third kappa shape index (κ3) is 6.17. The molecule has 23 heavy (non-hydrogen) atoms. The molecular weight excluding hydrogens is 423 g/mol. The third-order valence-corrected chi connectivity index (χ3v) is 5.43. The van der Waals surface area contributed by atoms with Gasteiger partial charge in [0.1, 0.15) is 5.76 Å². The second-order valence-corrected chi connectivity index (χ2v) is 7.36. The Labute approximate surface area is 160 Å². The Hall–Kier alpha value is -0.440. The van der Waals surface area contributed by atoms with Crippen molar-refractivity contribution in [1.29, 1.82) is 0 Å². The minimum atomic E-state index is 0. The number of aryl methyl sites for hydroxylation is 2. The average molecular weight is 452 g/mol. The maximum Gasteiger partial charge on any atom is 0.191 e. The number of hydrogen-bond donors (Lipinski definition) is 2. The van der Waals surface area contributed by atoms with E-state index in [0.717, 1.165) is 35.6 Å². The first-order valence-corrected chi connectivity index (χ1v) is 9.19. The van der Waals surface area contributed by atoms with E-state index in [4.69, 9.17) is 4.52 Å². The summed E-state index contributed by atoms with van der Waals surface area (Å²) in [6.45, 7) is 7.03. The molecule has 0 bridgehead atoms. The van der Waals surface area contributed by atoms with E-state index in [-0.39, 0.29) is 24.0 Å². The molecule has 0 amide bonds. The van der Waals surface area contributed by atoms with Crippen LogP contribution in [0.5, 0.6) is 0 Å². The van der Waals surface area contributed by atoms with E-state index in [2.05, 4.69) is 39.5 Å². The Kier molecular flexibility index (Phi) is 9.34. The van der Waals surface area contributed by atoms with Crippen LogP contribution in [0.1, 0.15) is 43.2 Å². The zero-order chi connectivity index (χ0) is 15.9. The van der Waals surface area contributed by atoms with E-state index in [1.165, 1.54) is 30.6 Å². The van der Waals surface area contributed by atoms with Crippen LogP contribution in [0, 0.1) is 13.8 Å². The maximum atomic E-state index is 5.20. The lowest BCUT2D eigenvalue weighted by Crippen LogP contribution is -2.43. The summed E-state index contributed by atoms with van der Waals surface area (Å²) in [6, 6.07) is 0.550. The fourth-order valence-corrected chi connectivity index (χ4v) is 4.15. The number of guanidine groups is 1. The molecule has 1 aliphatic rings. The molecule has 132 valence electrons. The molecule has 2 rings (SSSR count). The molecule has 0 spiro atoms. The van der Waals surface area contributed by atoms with Gasteiger partial charge in [0.15, 0.2) is 5.96 Å².